The molecular formula is C97H88B5N13+6. The van der Waals surface area contributed by atoms with Gasteiger partial charge in [0, 0.05) is 187 Å². The normalized spacial score (nSPS) is 14.1. The first-order chi connectivity index (χ1) is 56.2. The molecule has 0 fully saturated rings. The Kier molecular flexibility index (Phi) is 17.0. The van der Waals surface area contributed by atoms with E-state index in [1.807, 2.05) is 37.3 Å². The van der Waals surface area contributed by atoms with Crippen molar-refractivity contribution >= 4 is 116 Å². The molecule has 0 bridgehead atoms. The van der Waals surface area contributed by atoms with Crippen molar-refractivity contribution in [3.63, 3.8) is 0 Å². The summed E-state index contributed by atoms with van der Waals surface area (Å²) in [6.07, 6.45) is 34.0. The predicted octanol–water partition coefficient (Wildman–Crippen LogP) is 0.00168. The first-order valence-corrected chi connectivity index (χ1v) is 40.9. The smallest absolute Gasteiger partial charge is 0.261 e. The van der Waals surface area contributed by atoms with Crippen LogP contribution in [-0.4, -0.2) is 68.5 Å². The highest BCUT2D eigenvalue weighted by Gasteiger charge is 2.51. The van der Waals surface area contributed by atoms with Crippen molar-refractivity contribution in [3.05, 3.63) is 367 Å². The van der Waals surface area contributed by atoms with Crippen LogP contribution in [0.3, 0.4) is 0 Å². The van der Waals surface area contributed by atoms with Gasteiger partial charge in [0.05, 0.1) is 12.6 Å². The van der Waals surface area contributed by atoms with Crippen LogP contribution >= 0.6 is 0 Å². The Morgan fingerprint density at radius 2 is 0.478 bits per heavy atom. The van der Waals surface area contributed by atoms with Gasteiger partial charge in [-0.1, -0.05) is 122 Å². The largest absolute Gasteiger partial charge is 0.408 e. The van der Waals surface area contributed by atoms with E-state index in [4.69, 9.17) is 19.9 Å². The summed E-state index contributed by atoms with van der Waals surface area (Å²) >= 11 is 0. The van der Waals surface area contributed by atoms with Crippen LogP contribution in [0.25, 0.3) is 0 Å². The molecule has 15 aromatic rings. The van der Waals surface area contributed by atoms with Gasteiger partial charge >= 0.3 is 26.9 Å². The van der Waals surface area contributed by atoms with Gasteiger partial charge in [0.2, 0.25) is 6.71 Å². The minimum atomic E-state index is 0.250. The summed E-state index contributed by atoms with van der Waals surface area (Å²) in [5.41, 5.74) is 54.4. The third-order valence-electron chi connectivity index (χ3n) is 27.0. The van der Waals surface area contributed by atoms with Crippen LogP contribution in [0.15, 0.2) is 232 Å². The van der Waals surface area contributed by atoms with Crippen molar-refractivity contribution < 1.29 is 27.4 Å². The molecule has 10 aliphatic rings. The average Bonchev–Trinajstić information content (AvgIpc) is 0.747. The van der Waals surface area contributed by atoms with Gasteiger partial charge in [-0.05, 0) is 154 Å². The fourth-order valence-electron chi connectivity index (χ4n) is 22.3. The van der Waals surface area contributed by atoms with Crippen LogP contribution in [0.4, 0.5) is 0 Å². The highest BCUT2D eigenvalue weighted by Crippen LogP contribution is 2.28. The fourth-order valence-corrected chi connectivity index (χ4v) is 22.3. The minimum absolute atomic E-state index is 0.250. The molecule has 13 nitrogen and oxygen atoms in total. The van der Waals surface area contributed by atoms with Gasteiger partial charge in [-0.3, -0.25) is 19.9 Å². The Labute approximate surface area is 675 Å². The number of aromatic nitrogens is 13. The minimum Gasteiger partial charge on any atom is -0.261 e. The Bertz CT molecular complexity index is 5210. The van der Waals surface area contributed by atoms with Gasteiger partial charge in [0.1, 0.15) is 58.9 Å². The lowest BCUT2D eigenvalue weighted by Crippen LogP contribution is -2.75. The molecule has 0 aliphatic carbocycles. The molecule has 550 valence electrons. The quantitative estimate of drug-likeness (QED) is 0.156. The van der Waals surface area contributed by atoms with E-state index in [2.05, 4.69) is 301 Å². The maximum absolute atomic E-state index is 4.73. The number of hydrogen-bond acceptors (Lipinski definition) is 7. The molecule has 0 spiro atoms. The number of pyridine rings is 9. The topological polar surface area (TPSA) is 114 Å². The van der Waals surface area contributed by atoms with Gasteiger partial charge < -0.3 is 0 Å². The van der Waals surface area contributed by atoms with E-state index in [0.717, 1.165) is 64.2 Å². The molecule has 0 saturated carbocycles. The molecule has 10 aliphatic heterocycles. The number of benzene rings is 4. The maximum Gasteiger partial charge on any atom is 0.408 e. The van der Waals surface area contributed by atoms with Crippen molar-refractivity contribution in [2.24, 2.45) is 42.3 Å². The van der Waals surface area contributed by atoms with Crippen molar-refractivity contribution in [2.75, 3.05) is 0 Å². The zero-order chi connectivity index (χ0) is 77.8. The predicted molar refractivity (Wildman–Crippen MR) is 459 cm³/mol. The van der Waals surface area contributed by atoms with Crippen molar-refractivity contribution in [1.82, 2.24) is 34.9 Å². The standard InChI is InChI=1S/C20H17BN2.2C20H18BN2.C19H18BN3.C18H17BN4/c1-12-5-3-7-14-9-16-20-17(23-11-22-16)10-15-8-4-6-13(2)19(15)21(20)18(12)14;2*1-13-5-3-6-14-12-17-19-15(8-9-22-17)11-16-7-4-10-23(2)20(16)21(19)18(13)14;1-22-9-3-5-14-11-13-7-8-21-16-12-15-6-4-10-23(2)19(15)20(17(13)16)18(14)22;1-22-7-3-4-13-8-12-5-6-21-15-9-14-10-20-11-23(2)18(14)19(16(12)15)17(13)22/h3-8,11H,9-10H2,1-2H3;3*3-10H,11-12H2,1-2H3;3-7,10-11H,8-9H2,1-2H3/q;2*+1;2*+2. The van der Waals surface area contributed by atoms with Crippen LogP contribution in [-0.2, 0) is 106 Å². The Balaban J connectivity index is 0.0000000900. The molecule has 4 aromatic carbocycles. The first kappa shape index (κ1) is 70.6. The van der Waals surface area contributed by atoms with E-state index in [9.17, 15) is 0 Å². The highest BCUT2D eigenvalue weighted by atomic mass is 15.0. The zero-order valence-corrected chi connectivity index (χ0v) is 67.2. The second-order valence-electron chi connectivity index (χ2n) is 33.6. The van der Waals surface area contributed by atoms with Crippen molar-refractivity contribution in [1.29, 1.82) is 0 Å². The second-order valence-corrected chi connectivity index (χ2v) is 33.6. The van der Waals surface area contributed by atoms with E-state index in [1.165, 1.54) is 217 Å². The molecule has 0 radical (unpaired) electrons. The third-order valence-corrected chi connectivity index (χ3v) is 27.0. The van der Waals surface area contributed by atoms with Crippen molar-refractivity contribution in [3.8, 4) is 0 Å². The average molecular weight is 1490 g/mol. The van der Waals surface area contributed by atoms with E-state index >= 15 is 0 Å². The van der Waals surface area contributed by atoms with Gasteiger partial charge in [-0.25, -0.2) is 37.4 Å². The van der Waals surface area contributed by atoms with Crippen LogP contribution in [0.1, 0.15) is 134 Å². The molecule has 25 rings (SSSR count). The zero-order valence-electron chi connectivity index (χ0n) is 67.2. The molecule has 0 amide bonds. The SMILES string of the molecule is C[n+]1cccc2c1B1c3c(ccnc3Cc3ccc[n+](C)c31)C2.C[n+]1cccc2c1B1c3c(ccnc3Cc3cnc[n+](C)c31)C2.Cc1cccc2c1B1c3c(C)cccc3Cc3ncnc(c31)C2.Cc1cccc2c1B1c3c(ccnc3C2)Cc2ccc[n+](C)c21.Cc1cccc2c1B1c3c(ccnc3C2)Cc2ccc[n+](C)c21. The molecule has 18 heteroatoms. The van der Waals surface area contributed by atoms with Gasteiger partial charge in [-0.15, -0.1) is 0 Å². The third kappa shape index (κ3) is 11.4. The van der Waals surface area contributed by atoms with Crippen molar-refractivity contribution in [2.45, 2.75) is 91.9 Å². The maximum atomic E-state index is 4.73. The molecule has 0 saturated heterocycles. The molecule has 115 heavy (non-hydrogen) atoms. The first-order valence-electron chi connectivity index (χ1n) is 40.9. The number of rotatable bonds is 0. The molecular weight excluding hydrogens is 1400 g/mol. The molecule has 0 N–H and O–H groups in total. The summed E-state index contributed by atoms with van der Waals surface area (Å²) in [5.74, 6) is 0. The second kappa shape index (κ2) is 27.8. The van der Waals surface area contributed by atoms with E-state index in [-0.39, 0.29) is 6.71 Å². The van der Waals surface area contributed by atoms with E-state index < -0.39 is 0 Å². The summed E-state index contributed by atoms with van der Waals surface area (Å²) in [5, 5.41) is 0. The lowest BCUT2D eigenvalue weighted by Gasteiger charge is -2.34. The molecule has 21 heterocycles. The molecule has 11 aromatic heterocycles. The van der Waals surface area contributed by atoms with Crippen LogP contribution in [0, 0.1) is 27.7 Å². The monoisotopic (exact) mass is 1490 g/mol. The van der Waals surface area contributed by atoms with Gasteiger partial charge in [0.15, 0.2) is 47.8 Å². The van der Waals surface area contributed by atoms with Crippen LogP contribution in [0.5, 0.6) is 0 Å². The summed E-state index contributed by atoms with van der Waals surface area (Å²) < 4.78 is 13.7. The highest BCUT2D eigenvalue weighted by molar-refractivity contribution is 6.99. The van der Waals surface area contributed by atoms with E-state index in [0.29, 0.717) is 26.9 Å². The lowest BCUT2D eigenvalue weighted by molar-refractivity contribution is -0.660. The molecule has 0 atom stereocenters. The summed E-state index contributed by atoms with van der Waals surface area (Å²) in [6, 6.07) is 57.7. The Hall–Kier alpha value is -12.3. The summed E-state index contributed by atoms with van der Waals surface area (Å²) in [6.45, 7) is 10.5. The van der Waals surface area contributed by atoms with Gasteiger partial charge in [0.25, 0.3) is 6.33 Å². The van der Waals surface area contributed by atoms with Crippen LogP contribution < -0.4 is 110 Å². The number of fused-ring (bicyclic) bond motifs is 20. The number of hydrogen-bond donors (Lipinski definition) is 0. The number of nitrogens with zero attached hydrogens (tertiary/aromatic N) is 13. The molecule has 0 unspecified atom stereocenters. The van der Waals surface area contributed by atoms with E-state index in [1.54, 1.807) is 6.33 Å². The van der Waals surface area contributed by atoms with Gasteiger partial charge in [-0.2, -0.15) is 0 Å². The fraction of sp³-hybridized carbons (Fsp3) is 0.206. The Morgan fingerprint density at radius 3 is 0.817 bits per heavy atom. The summed E-state index contributed by atoms with van der Waals surface area (Å²) in [4.78, 5) is 32.5. The lowest BCUT2D eigenvalue weighted by atomic mass is 9.30. The summed E-state index contributed by atoms with van der Waals surface area (Å²) in [7, 11) is 12.9. The number of aryl methyl sites for hydroxylation is 10. The Morgan fingerprint density at radius 1 is 0.226 bits per heavy atom. The van der Waals surface area contributed by atoms with Crippen LogP contribution in [0.2, 0.25) is 0 Å².